The zero-order valence-corrected chi connectivity index (χ0v) is 42.6. The van der Waals surface area contributed by atoms with Gasteiger partial charge < -0.3 is 18.6 Å². The summed E-state index contributed by atoms with van der Waals surface area (Å²) < 4.78 is 19.1. The van der Waals surface area contributed by atoms with Crippen molar-refractivity contribution in [3.8, 4) is 0 Å². The highest BCUT2D eigenvalue weighted by Gasteiger charge is 2.31. The molecular formula is C68H44N2O2S2. The molecule has 0 aliphatic rings. The molecule has 4 nitrogen and oxygen atoms in total. The zero-order chi connectivity index (χ0) is 49.1. The van der Waals surface area contributed by atoms with Crippen molar-refractivity contribution in [1.82, 2.24) is 0 Å². The second-order valence-electron chi connectivity index (χ2n) is 20.1. The molecule has 74 heavy (non-hydrogen) atoms. The maximum absolute atomic E-state index is 7.02. The van der Waals surface area contributed by atoms with Crippen molar-refractivity contribution < 1.29 is 8.83 Å². The van der Waals surface area contributed by atoms with Crippen molar-refractivity contribution in [2.75, 3.05) is 9.80 Å². The van der Waals surface area contributed by atoms with Crippen LogP contribution in [0.25, 0.3) is 117 Å². The highest BCUT2D eigenvalue weighted by Crippen LogP contribution is 2.55. The van der Waals surface area contributed by atoms with Crippen LogP contribution in [0.2, 0.25) is 0 Å². The minimum absolute atomic E-state index is 0.883. The molecule has 0 amide bonds. The maximum Gasteiger partial charge on any atom is 0.159 e. The van der Waals surface area contributed by atoms with Crippen molar-refractivity contribution in [3.05, 3.63) is 216 Å². The van der Waals surface area contributed by atoms with Crippen LogP contribution < -0.4 is 9.80 Å². The molecule has 0 unspecified atom stereocenters. The van der Waals surface area contributed by atoms with Gasteiger partial charge in [-0.1, -0.05) is 158 Å². The number of thiophene rings is 2. The first kappa shape index (κ1) is 41.9. The third kappa shape index (κ3) is 5.72. The van der Waals surface area contributed by atoms with Gasteiger partial charge in [-0.25, -0.2) is 0 Å². The number of furan rings is 2. The number of benzene rings is 12. The van der Waals surface area contributed by atoms with Gasteiger partial charge >= 0.3 is 0 Å². The molecule has 4 heterocycles. The van der Waals surface area contributed by atoms with Crippen molar-refractivity contribution in [1.29, 1.82) is 0 Å². The number of nitrogens with zero attached hydrogens (tertiary/aromatic N) is 2. The Bertz CT molecular complexity index is 4490. The largest absolute Gasteiger partial charge is 0.454 e. The molecule has 0 fully saturated rings. The Kier molecular flexibility index (Phi) is 8.73. The van der Waals surface area contributed by atoms with Crippen molar-refractivity contribution >= 4 is 173 Å². The van der Waals surface area contributed by atoms with Gasteiger partial charge in [-0.3, -0.25) is 0 Å². The van der Waals surface area contributed by atoms with Crippen molar-refractivity contribution in [3.63, 3.8) is 0 Å². The van der Waals surface area contributed by atoms with Crippen LogP contribution in [-0.4, -0.2) is 0 Å². The van der Waals surface area contributed by atoms with Crippen LogP contribution in [0.5, 0.6) is 0 Å². The van der Waals surface area contributed by atoms with E-state index in [9.17, 15) is 0 Å². The average molecular weight is 985 g/mol. The highest BCUT2D eigenvalue weighted by atomic mass is 32.1. The number of fused-ring (bicyclic) bond motifs is 12. The third-order valence-electron chi connectivity index (χ3n) is 15.9. The molecular weight excluding hydrogens is 941 g/mol. The van der Waals surface area contributed by atoms with Gasteiger partial charge in [-0.15, -0.1) is 22.7 Å². The lowest BCUT2D eigenvalue weighted by atomic mass is 9.91. The number of hydrogen-bond donors (Lipinski definition) is 0. The number of anilines is 6. The molecule has 0 aliphatic heterocycles. The molecule has 350 valence electrons. The minimum atomic E-state index is 0.883. The molecule has 0 aliphatic carbocycles. The molecule has 6 heteroatoms. The van der Waals surface area contributed by atoms with E-state index >= 15 is 0 Å². The monoisotopic (exact) mass is 984 g/mol. The summed E-state index contributed by atoms with van der Waals surface area (Å²) >= 11 is 3.74. The van der Waals surface area contributed by atoms with E-state index in [4.69, 9.17) is 8.83 Å². The third-order valence-corrected chi connectivity index (χ3v) is 18.3. The predicted molar refractivity (Wildman–Crippen MR) is 319 cm³/mol. The number of aryl methyl sites for hydroxylation is 4. The predicted octanol–water partition coefficient (Wildman–Crippen LogP) is 21.3. The van der Waals surface area contributed by atoms with Crippen molar-refractivity contribution in [2.45, 2.75) is 27.7 Å². The van der Waals surface area contributed by atoms with Gasteiger partial charge in [-0.2, -0.15) is 0 Å². The summed E-state index contributed by atoms with van der Waals surface area (Å²) in [6.45, 7) is 8.99. The van der Waals surface area contributed by atoms with E-state index in [1.54, 1.807) is 0 Å². The Morgan fingerprint density at radius 1 is 0.297 bits per heavy atom. The SMILES string of the molecule is Cc1ccc2c(oc3ccccc32)c1N(c1ccc2ccc3c(N(c4c(C)ccc5c4oc4ccccc45)c4c(C)ccc5c4sc4ccccc45)ccc4ccc1c2c43)c1c(C)ccc2c1sc1ccccc12. The molecule has 16 aromatic rings. The van der Waals surface area contributed by atoms with Gasteiger partial charge in [0.25, 0.3) is 0 Å². The smallest absolute Gasteiger partial charge is 0.159 e. The van der Waals surface area contributed by atoms with Crippen LogP contribution >= 0.6 is 22.7 Å². The molecule has 0 N–H and O–H groups in total. The first-order valence-corrected chi connectivity index (χ1v) is 27.0. The molecule has 16 rings (SSSR count). The Hall–Kier alpha value is -8.68. The lowest BCUT2D eigenvalue weighted by Gasteiger charge is -2.32. The minimum Gasteiger partial charge on any atom is -0.454 e. The zero-order valence-electron chi connectivity index (χ0n) is 41.0. The van der Waals surface area contributed by atoms with E-state index in [0.717, 1.165) is 77.8 Å². The highest BCUT2D eigenvalue weighted by molar-refractivity contribution is 7.27. The summed E-state index contributed by atoms with van der Waals surface area (Å²) in [5, 5.41) is 16.7. The van der Waals surface area contributed by atoms with E-state index in [2.05, 4.69) is 232 Å². The standard InChI is InChI=1S/C68H44N2O2S2/c1-37-21-29-47-43-13-5-9-17-55(43)71-65(47)61(37)69(63-39(3)23-31-49-45-15-7-11-19-57(45)73-67(49)63)53-35-27-41-26-34-52-54(36-28-42-25-33-51(53)59(41)60(42)52)70(62-38(2)22-30-48-44-14-6-10-18-56(44)72-66(48)62)64-40(4)24-32-50-46-16-8-12-20-58(46)74-68(50)64/h5-36H,1-4H3. The fourth-order valence-electron chi connectivity index (χ4n) is 12.5. The lowest BCUT2D eigenvalue weighted by molar-refractivity contribution is 0.668. The molecule has 0 saturated heterocycles. The molecule has 0 spiro atoms. The Morgan fingerprint density at radius 2 is 0.649 bits per heavy atom. The van der Waals surface area contributed by atoms with Gasteiger partial charge in [-0.05, 0) is 108 Å². The Morgan fingerprint density at radius 3 is 1.09 bits per heavy atom. The Balaban J connectivity index is 1.03. The fraction of sp³-hybridized carbons (Fsp3) is 0.0588. The van der Waals surface area contributed by atoms with E-state index < -0.39 is 0 Å². The van der Waals surface area contributed by atoms with Crippen LogP contribution in [0.4, 0.5) is 34.1 Å². The number of rotatable bonds is 6. The Labute approximate surface area is 433 Å². The maximum atomic E-state index is 7.02. The summed E-state index contributed by atoms with van der Waals surface area (Å²) in [5.41, 5.74) is 14.8. The number of para-hydroxylation sites is 2. The van der Waals surface area contributed by atoms with Crippen LogP contribution in [0, 0.1) is 27.7 Å². The summed E-state index contributed by atoms with van der Waals surface area (Å²) in [6.07, 6.45) is 0. The molecule has 4 aromatic heterocycles. The van der Waals surface area contributed by atoms with Crippen LogP contribution in [0.1, 0.15) is 22.3 Å². The van der Waals surface area contributed by atoms with Gasteiger partial charge in [0.1, 0.15) is 11.2 Å². The lowest BCUT2D eigenvalue weighted by Crippen LogP contribution is -2.14. The summed E-state index contributed by atoms with van der Waals surface area (Å²) in [6, 6.07) is 71.5. The van der Waals surface area contributed by atoms with E-state index in [0.29, 0.717) is 0 Å². The normalized spacial score (nSPS) is 12.3. The summed E-state index contributed by atoms with van der Waals surface area (Å²) in [5.74, 6) is 0. The summed E-state index contributed by atoms with van der Waals surface area (Å²) in [4.78, 5) is 5.09. The van der Waals surface area contributed by atoms with Crippen LogP contribution in [-0.2, 0) is 0 Å². The second-order valence-corrected chi connectivity index (χ2v) is 22.2. The van der Waals surface area contributed by atoms with Gasteiger partial charge in [0.05, 0.1) is 43.5 Å². The molecule has 0 atom stereocenters. The van der Waals surface area contributed by atoms with Gasteiger partial charge in [0, 0.05) is 63.3 Å². The molecule has 0 saturated carbocycles. The van der Waals surface area contributed by atoms with Crippen LogP contribution in [0.3, 0.4) is 0 Å². The van der Waals surface area contributed by atoms with E-state index in [1.807, 2.05) is 22.7 Å². The fourth-order valence-corrected chi connectivity index (χ4v) is 15.1. The van der Waals surface area contributed by atoms with Crippen molar-refractivity contribution in [2.24, 2.45) is 0 Å². The second kappa shape index (κ2) is 15.4. The van der Waals surface area contributed by atoms with E-state index in [-0.39, 0.29) is 0 Å². The quantitative estimate of drug-likeness (QED) is 0.155. The van der Waals surface area contributed by atoms with Gasteiger partial charge in [0.15, 0.2) is 11.2 Å². The molecule has 12 aromatic carbocycles. The first-order valence-electron chi connectivity index (χ1n) is 25.3. The topological polar surface area (TPSA) is 32.8 Å². The number of hydrogen-bond acceptors (Lipinski definition) is 6. The van der Waals surface area contributed by atoms with E-state index in [1.165, 1.54) is 95.2 Å². The summed E-state index contributed by atoms with van der Waals surface area (Å²) in [7, 11) is 0. The van der Waals surface area contributed by atoms with Gasteiger partial charge in [0.2, 0.25) is 0 Å². The van der Waals surface area contributed by atoms with Crippen LogP contribution in [0.15, 0.2) is 203 Å². The molecule has 0 radical (unpaired) electrons. The first-order chi connectivity index (χ1) is 36.4. The molecule has 0 bridgehead atoms. The average Bonchev–Trinajstić information content (AvgIpc) is 4.21.